The highest BCUT2D eigenvalue weighted by molar-refractivity contribution is 5.87. The van der Waals surface area contributed by atoms with E-state index < -0.39 is 0 Å². The van der Waals surface area contributed by atoms with E-state index in [0.717, 1.165) is 36.2 Å². The van der Waals surface area contributed by atoms with Crippen LogP contribution in [-0.4, -0.2) is 52.4 Å². The molecule has 1 aliphatic carbocycles. The Morgan fingerprint density at radius 3 is 3.00 bits per heavy atom. The zero-order valence-electron chi connectivity index (χ0n) is 13.0. The molecule has 22 heavy (non-hydrogen) atoms. The van der Waals surface area contributed by atoms with Crippen LogP contribution in [-0.2, 0) is 4.79 Å². The van der Waals surface area contributed by atoms with Crippen LogP contribution < -0.4 is 4.90 Å². The number of anilines is 1. The van der Waals surface area contributed by atoms with Crippen molar-refractivity contribution in [2.24, 2.45) is 11.8 Å². The van der Waals surface area contributed by atoms with Crippen LogP contribution in [0.1, 0.15) is 19.3 Å². The average molecular weight is 299 g/mol. The maximum Gasteiger partial charge on any atom is 0.222 e. The van der Waals surface area contributed by atoms with E-state index in [0.29, 0.717) is 30.2 Å². The lowest BCUT2D eigenvalue weighted by Gasteiger charge is -2.31. The SMILES string of the molecule is CN1CC2C[C@H](N(C)c3ncnc4[nH]ccc34)C[C@@H]2CC1=O. The Hall–Kier alpha value is -2.11. The zero-order valence-corrected chi connectivity index (χ0v) is 13.0. The van der Waals surface area contributed by atoms with Crippen LogP contribution in [0.4, 0.5) is 5.82 Å². The van der Waals surface area contributed by atoms with Gasteiger partial charge in [0.1, 0.15) is 17.8 Å². The number of amides is 1. The Labute approximate surface area is 129 Å². The van der Waals surface area contributed by atoms with Crippen molar-refractivity contribution in [1.29, 1.82) is 0 Å². The summed E-state index contributed by atoms with van der Waals surface area (Å²) in [5.41, 5.74) is 0.877. The number of fused-ring (bicyclic) bond motifs is 2. The predicted octanol–water partition coefficient (Wildman–Crippen LogP) is 1.65. The van der Waals surface area contributed by atoms with Gasteiger partial charge in [-0.2, -0.15) is 0 Å². The van der Waals surface area contributed by atoms with Crippen LogP contribution >= 0.6 is 0 Å². The van der Waals surface area contributed by atoms with Crippen molar-refractivity contribution in [3.8, 4) is 0 Å². The van der Waals surface area contributed by atoms with Gasteiger partial charge in [-0.25, -0.2) is 9.97 Å². The van der Waals surface area contributed by atoms with Crippen molar-refractivity contribution in [2.75, 3.05) is 25.5 Å². The molecule has 1 unspecified atom stereocenters. The molecule has 2 aromatic rings. The number of hydrogen-bond acceptors (Lipinski definition) is 4. The predicted molar refractivity (Wildman–Crippen MR) is 84.5 cm³/mol. The minimum Gasteiger partial charge on any atom is -0.356 e. The van der Waals surface area contributed by atoms with E-state index in [4.69, 9.17) is 0 Å². The maximum absolute atomic E-state index is 11.9. The second-order valence-corrected chi connectivity index (χ2v) is 6.67. The number of carbonyl (C=O) groups is 1. The number of nitrogens with zero attached hydrogens (tertiary/aromatic N) is 4. The van der Waals surface area contributed by atoms with Gasteiger partial charge in [0.25, 0.3) is 0 Å². The topological polar surface area (TPSA) is 65.1 Å². The summed E-state index contributed by atoms with van der Waals surface area (Å²) < 4.78 is 0. The summed E-state index contributed by atoms with van der Waals surface area (Å²) in [5, 5.41) is 1.06. The molecule has 6 heteroatoms. The molecule has 3 heterocycles. The van der Waals surface area contributed by atoms with Gasteiger partial charge in [0.05, 0.1) is 5.39 Å². The summed E-state index contributed by atoms with van der Waals surface area (Å²) in [4.78, 5) is 28.0. The number of nitrogens with one attached hydrogen (secondary N) is 1. The molecule has 1 N–H and O–H groups in total. The van der Waals surface area contributed by atoms with E-state index in [2.05, 4.69) is 26.9 Å². The number of likely N-dealkylation sites (tertiary alicyclic amines) is 1. The molecule has 1 amide bonds. The van der Waals surface area contributed by atoms with Gasteiger partial charge in [0, 0.05) is 39.3 Å². The highest BCUT2D eigenvalue weighted by atomic mass is 16.2. The minimum atomic E-state index is 0.291. The van der Waals surface area contributed by atoms with Crippen molar-refractivity contribution < 1.29 is 4.79 Å². The van der Waals surface area contributed by atoms with Crippen LogP contribution in [0.15, 0.2) is 18.6 Å². The van der Waals surface area contributed by atoms with Crippen LogP contribution in [0.25, 0.3) is 11.0 Å². The zero-order chi connectivity index (χ0) is 15.3. The smallest absolute Gasteiger partial charge is 0.222 e. The van der Waals surface area contributed by atoms with Crippen molar-refractivity contribution >= 4 is 22.8 Å². The van der Waals surface area contributed by atoms with Crippen LogP contribution in [0.3, 0.4) is 0 Å². The lowest BCUT2D eigenvalue weighted by Crippen LogP contribution is -2.39. The van der Waals surface area contributed by atoms with E-state index in [1.54, 1.807) is 6.33 Å². The van der Waals surface area contributed by atoms with Gasteiger partial charge in [-0.05, 0) is 30.7 Å². The van der Waals surface area contributed by atoms with Gasteiger partial charge in [-0.3, -0.25) is 4.79 Å². The lowest BCUT2D eigenvalue weighted by atomic mass is 9.88. The first-order valence-corrected chi connectivity index (χ1v) is 7.88. The standard InChI is InChI=1S/C16H21N5O/c1-20-8-11-6-12(5-10(11)7-14(20)22)21(2)16-13-3-4-17-15(13)18-9-19-16/h3-4,9-12H,5-8H2,1-2H3,(H,17,18,19)/t10-,11?,12-/m1/s1. The fourth-order valence-electron chi connectivity index (χ4n) is 4.12. The molecular weight excluding hydrogens is 278 g/mol. The van der Waals surface area contributed by atoms with Gasteiger partial charge in [-0.15, -0.1) is 0 Å². The number of rotatable bonds is 2. The Morgan fingerprint density at radius 1 is 1.32 bits per heavy atom. The number of aromatic nitrogens is 3. The van der Waals surface area contributed by atoms with Gasteiger partial charge in [-0.1, -0.05) is 0 Å². The Balaban J connectivity index is 1.58. The average Bonchev–Trinajstić information content (AvgIpc) is 3.13. The summed E-state index contributed by atoms with van der Waals surface area (Å²) in [6.07, 6.45) is 6.43. The third-order valence-corrected chi connectivity index (χ3v) is 5.40. The first kappa shape index (κ1) is 13.5. The highest BCUT2D eigenvalue weighted by Gasteiger charge is 2.41. The van der Waals surface area contributed by atoms with E-state index in [1.807, 2.05) is 24.2 Å². The normalized spacial score (nSPS) is 28.2. The minimum absolute atomic E-state index is 0.291. The van der Waals surface area contributed by atoms with E-state index in [1.165, 1.54) is 0 Å². The van der Waals surface area contributed by atoms with Crippen molar-refractivity contribution in [3.05, 3.63) is 18.6 Å². The summed E-state index contributed by atoms with van der Waals surface area (Å²) in [5.74, 6) is 2.42. The van der Waals surface area contributed by atoms with E-state index in [-0.39, 0.29) is 0 Å². The summed E-state index contributed by atoms with van der Waals surface area (Å²) in [6, 6.07) is 2.47. The molecule has 2 fully saturated rings. The summed E-state index contributed by atoms with van der Waals surface area (Å²) in [7, 11) is 4.03. The Morgan fingerprint density at radius 2 is 2.14 bits per heavy atom. The van der Waals surface area contributed by atoms with E-state index >= 15 is 0 Å². The van der Waals surface area contributed by atoms with Crippen LogP contribution in [0.2, 0.25) is 0 Å². The molecule has 2 aromatic heterocycles. The molecule has 0 aromatic carbocycles. The number of H-pyrrole nitrogens is 1. The maximum atomic E-state index is 11.9. The fraction of sp³-hybridized carbons (Fsp3) is 0.562. The molecule has 6 nitrogen and oxygen atoms in total. The fourth-order valence-corrected chi connectivity index (χ4v) is 4.12. The Bertz CT molecular complexity index is 711. The molecular formula is C16H21N5O. The van der Waals surface area contributed by atoms with Crippen LogP contribution in [0, 0.1) is 11.8 Å². The van der Waals surface area contributed by atoms with Gasteiger partial charge in [0.2, 0.25) is 5.91 Å². The molecule has 1 saturated heterocycles. The quantitative estimate of drug-likeness (QED) is 0.916. The number of aromatic amines is 1. The molecule has 0 spiro atoms. The molecule has 3 atom stereocenters. The molecule has 0 bridgehead atoms. The Kier molecular flexibility index (Phi) is 3.06. The van der Waals surface area contributed by atoms with Crippen LogP contribution in [0.5, 0.6) is 0 Å². The number of carbonyl (C=O) groups excluding carboxylic acids is 1. The van der Waals surface area contributed by atoms with Crippen molar-refractivity contribution in [3.63, 3.8) is 0 Å². The molecule has 116 valence electrons. The second kappa shape index (κ2) is 4.97. The molecule has 1 saturated carbocycles. The van der Waals surface area contributed by atoms with Gasteiger partial charge in [0.15, 0.2) is 0 Å². The number of piperidine rings is 1. The molecule has 4 rings (SSSR count). The highest BCUT2D eigenvalue weighted by Crippen LogP contribution is 2.41. The largest absolute Gasteiger partial charge is 0.356 e. The van der Waals surface area contributed by atoms with Gasteiger partial charge < -0.3 is 14.8 Å². The number of hydrogen-bond donors (Lipinski definition) is 1. The van der Waals surface area contributed by atoms with Gasteiger partial charge >= 0.3 is 0 Å². The first-order valence-electron chi connectivity index (χ1n) is 7.88. The monoisotopic (exact) mass is 299 g/mol. The molecule has 1 aliphatic heterocycles. The second-order valence-electron chi connectivity index (χ2n) is 6.67. The third-order valence-electron chi connectivity index (χ3n) is 5.40. The van der Waals surface area contributed by atoms with Crippen molar-refractivity contribution in [2.45, 2.75) is 25.3 Å². The summed E-state index contributed by atoms with van der Waals surface area (Å²) in [6.45, 7) is 0.900. The first-order chi connectivity index (χ1) is 10.6. The summed E-state index contributed by atoms with van der Waals surface area (Å²) >= 11 is 0. The van der Waals surface area contributed by atoms with E-state index in [9.17, 15) is 4.79 Å². The molecule has 0 radical (unpaired) electrons. The third kappa shape index (κ3) is 2.05. The lowest BCUT2D eigenvalue weighted by molar-refractivity contribution is -0.134. The molecule has 2 aliphatic rings. The van der Waals surface area contributed by atoms with Crippen molar-refractivity contribution in [1.82, 2.24) is 19.9 Å².